The first kappa shape index (κ1) is 17.7. The SMILES string of the molecule is COc1cc(-c2nc(NC(=O)C(C)C)sc2C)cc2c1OC(C)(C)C2. The smallest absolute Gasteiger partial charge is 0.228 e. The molecule has 0 saturated heterocycles. The summed E-state index contributed by atoms with van der Waals surface area (Å²) in [5.74, 6) is 1.44. The van der Waals surface area contributed by atoms with Gasteiger partial charge in [-0.25, -0.2) is 4.98 Å². The molecule has 0 radical (unpaired) electrons. The van der Waals surface area contributed by atoms with Crippen molar-refractivity contribution in [3.63, 3.8) is 0 Å². The average Bonchev–Trinajstić information content (AvgIpc) is 3.03. The van der Waals surface area contributed by atoms with Crippen LogP contribution in [0, 0.1) is 12.8 Å². The lowest BCUT2D eigenvalue weighted by Crippen LogP contribution is -2.24. The van der Waals surface area contributed by atoms with Crippen LogP contribution in [0.5, 0.6) is 11.5 Å². The zero-order valence-corrected chi connectivity index (χ0v) is 16.3. The van der Waals surface area contributed by atoms with Crippen molar-refractivity contribution in [2.45, 2.75) is 46.6 Å². The molecule has 0 bridgehead atoms. The lowest BCUT2D eigenvalue weighted by atomic mass is 9.99. The number of nitrogens with one attached hydrogen (secondary N) is 1. The molecule has 134 valence electrons. The molecule has 2 heterocycles. The van der Waals surface area contributed by atoms with Crippen LogP contribution in [0.15, 0.2) is 12.1 Å². The van der Waals surface area contributed by atoms with Gasteiger partial charge in [-0.1, -0.05) is 13.8 Å². The predicted octanol–water partition coefficient (Wildman–Crippen LogP) is 4.44. The second-order valence-electron chi connectivity index (χ2n) is 7.27. The van der Waals surface area contributed by atoms with Crippen molar-refractivity contribution < 1.29 is 14.3 Å². The minimum atomic E-state index is -0.234. The Labute approximate surface area is 152 Å². The molecule has 6 heteroatoms. The Morgan fingerprint density at radius 3 is 2.76 bits per heavy atom. The summed E-state index contributed by atoms with van der Waals surface area (Å²) in [5, 5.41) is 3.51. The minimum Gasteiger partial charge on any atom is -0.493 e. The van der Waals surface area contributed by atoms with Crippen LogP contribution >= 0.6 is 11.3 Å². The Balaban J connectivity index is 1.98. The number of fused-ring (bicyclic) bond motifs is 1. The summed E-state index contributed by atoms with van der Waals surface area (Å²) in [5.41, 5.74) is 2.74. The Kier molecular flexibility index (Phi) is 4.49. The molecule has 1 N–H and O–H groups in total. The molecule has 0 unspecified atom stereocenters. The number of thiazole rings is 1. The lowest BCUT2D eigenvalue weighted by molar-refractivity contribution is -0.118. The fourth-order valence-electron chi connectivity index (χ4n) is 2.93. The molecule has 1 aliphatic heterocycles. The summed E-state index contributed by atoms with van der Waals surface area (Å²) in [6.07, 6.45) is 0.826. The minimum absolute atomic E-state index is 0.0259. The number of hydrogen-bond donors (Lipinski definition) is 1. The molecular weight excluding hydrogens is 336 g/mol. The van der Waals surface area contributed by atoms with E-state index in [1.165, 1.54) is 11.3 Å². The van der Waals surface area contributed by atoms with Gasteiger partial charge in [0.2, 0.25) is 5.91 Å². The number of benzene rings is 1. The summed E-state index contributed by atoms with van der Waals surface area (Å²) in [4.78, 5) is 17.6. The first-order chi connectivity index (χ1) is 11.7. The Morgan fingerprint density at radius 2 is 2.12 bits per heavy atom. The number of ether oxygens (including phenoxy) is 2. The van der Waals surface area contributed by atoms with Crippen molar-refractivity contribution in [1.82, 2.24) is 4.98 Å². The van der Waals surface area contributed by atoms with Gasteiger partial charge in [-0.05, 0) is 32.9 Å². The van der Waals surface area contributed by atoms with Crippen LogP contribution in [0.25, 0.3) is 11.3 Å². The Bertz CT molecular complexity index is 824. The van der Waals surface area contributed by atoms with Crippen molar-refractivity contribution in [3.8, 4) is 22.8 Å². The molecule has 1 amide bonds. The van der Waals surface area contributed by atoms with E-state index in [0.29, 0.717) is 5.13 Å². The first-order valence-corrected chi connectivity index (χ1v) is 9.20. The zero-order valence-electron chi connectivity index (χ0n) is 15.5. The van der Waals surface area contributed by atoms with E-state index in [1.807, 2.05) is 26.8 Å². The average molecular weight is 360 g/mol. The highest BCUT2D eigenvalue weighted by Gasteiger charge is 2.33. The summed E-state index contributed by atoms with van der Waals surface area (Å²) in [6.45, 7) is 9.88. The van der Waals surface area contributed by atoms with Crippen LogP contribution < -0.4 is 14.8 Å². The zero-order chi connectivity index (χ0) is 18.4. The molecule has 0 saturated carbocycles. The number of carbonyl (C=O) groups excluding carboxylic acids is 1. The monoisotopic (exact) mass is 360 g/mol. The van der Waals surface area contributed by atoms with Gasteiger partial charge in [0.1, 0.15) is 5.60 Å². The second kappa shape index (κ2) is 6.33. The molecule has 1 aromatic carbocycles. The van der Waals surface area contributed by atoms with E-state index in [0.717, 1.165) is 39.6 Å². The van der Waals surface area contributed by atoms with Crippen molar-refractivity contribution in [3.05, 3.63) is 22.6 Å². The number of carbonyl (C=O) groups is 1. The third-order valence-electron chi connectivity index (χ3n) is 4.17. The normalized spacial score (nSPS) is 15.0. The summed E-state index contributed by atoms with van der Waals surface area (Å²) in [6, 6.07) is 4.07. The van der Waals surface area contributed by atoms with Gasteiger partial charge in [0, 0.05) is 28.3 Å². The third-order valence-corrected chi connectivity index (χ3v) is 5.06. The van der Waals surface area contributed by atoms with Gasteiger partial charge < -0.3 is 14.8 Å². The number of amides is 1. The largest absolute Gasteiger partial charge is 0.493 e. The molecule has 0 fully saturated rings. The summed E-state index contributed by atoms with van der Waals surface area (Å²) < 4.78 is 11.6. The maximum absolute atomic E-state index is 11.9. The molecule has 5 nitrogen and oxygen atoms in total. The van der Waals surface area contributed by atoms with E-state index >= 15 is 0 Å². The highest BCUT2D eigenvalue weighted by molar-refractivity contribution is 7.16. The quantitative estimate of drug-likeness (QED) is 0.876. The van der Waals surface area contributed by atoms with Gasteiger partial charge in [-0.2, -0.15) is 0 Å². The fourth-order valence-corrected chi connectivity index (χ4v) is 3.77. The molecule has 1 aromatic heterocycles. The standard InChI is InChI=1S/C19H24N2O3S/c1-10(2)17(22)21-18-20-15(11(3)25-18)12-7-13-9-19(4,5)24-16(13)14(8-12)23-6/h7-8,10H,9H2,1-6H3,(H,20,21,22). The number of aromatic nitrogens is 1. The number of rotatable bonds is 4. The summed E-state index contributed by atoms with van der Waals surface area (Å²) >= 11 is 1.49. The van der Waals surface area contributed by atoms with Crippen molar-refractivity contribution >= 4 is 22.4 Å². The molecule has 2 aromatic rings. The van der Waals surface area contributed by atoms with Gasteiger partial charge in [0.25, 0.3) is 0 Å². The molecule has 0 aliphatic carbocycles. The van der Waals surface area contributed by atoms with Crippen LogP contribution in [0.1, 0.15) is 38.1 Å². The Morgan fingerprint density at radius 1 is 1.40 bits per heavy atom. The molecule has 0 atom stereocenters. The second-order valence-corrected chi connectivity index (χ2v) is 8.48. The van der Waals surface area contributed by atoms with E-state index in [9.17, 15) is 4.79 Å². The van der Waals surface area contributed by atoms with Crippen LogP contribution in [0.3, 0.4) is 0 Å². The molecular formula is C19H24N2O3S. The van der Waals surface area contributed by atoms with E-state index in [1.54, 1.807) is 7.11 Å². The number of methoxy groups -OCH3 is 1. The number of nitrogens with zero attached hydrogens (tertiary/aromatic N) is 1. The van der Waals surface area contributed by atoms with E-state index < -0.39 is 0 Å². The molecule has 3 rings (SSSR count). The third kappa shape index (κ3) is 3.49. The fraction of sp³-hybridized carbons (Fsp3) is 0.474. The van der Waals surface area contributed by atoms with Crippen molar-refractivity contribution in [1.29, 1.82) is 0 Å². The number of hydrogen-bond acceptors (Lipinski definition) is 5. The molecule has 25 heavy (non-hydrogen) atoms. The van der Waals surface area contributed by atoms with E-state index in [2.05, 4.69) is 30.2 Å². The molecule has 1 aliphatic rings. The first-order valence-electron chi connectivity index (χ1n) is 8.39. The Hall–Kier alpha value is -2.08. The van der Waals surface area contributed by atoms with E-state index in [-0.39, 0.29) is 17.4 Å². The van der Waals surface area contributed by atoms with Crippen molar-refractivity contribution in [2.24, 2.45) is 5.92 Å². The lowest BCUT2D eigenvalue weighted by Gasteiger charge is -2.17. The number of anilines is 1. The topological polar surface area (TPSA) is 60.5 Å². The van der Waals surface area contributed by atoms with Crippen LogP contribution in [0.2, 0.25) is 0 Å². The highest BCUT2D eigenvalue weighted by atomic mass is 32.1. The van der Waals surface area contributed by atoms with Crippen LogP contribution in [0.4, 0.5) is 5.13 Å². The molecule has 0 spiro atoms. The maximum Gasteiger partial charge on any atom is 0.228 e. The van der Waals surface area contributed by atoms with Gasteiger partial charge >= 0.3 is 0 Å². The predicted molar refractivity (Wildman–Crippen MR) is 101 cm³/mol. The van der Waals surface area contributed by atoms with Gasteiger partial charge in [0.15, 0.2) is 16.6 Å². The maximum atomic E-state index is 11.9. The van der Waals surface area contributed by atoms with Gasteiger partial charge in [-0.15, -0.1) is 11.3 Å². The highest BCUT2D eigenvalue weighted by Crippen LogP contribution is 2.45. The van der Waals surface area contributed by atoms with Gasteiger partial charge in [0.05, 0.1) is 12.8 Å². The summed E-state index contributed by atoms with van der Waals surface area (Å²) in [7, 11) is 1.65. The van der Waals surface area contributed by atoms with Crippen LogP contribution in [-0.2, 0) is 11.2 Å². The van der Waals surface area contributed by atoms with Crippen molar-refractivity contribution in [2.75, 3.05) is 12.4 Å². The van der Waals surface area contributed by atoms with Crippen LogP contribution in [-0.4, -0.2) is 23.6 Å². The van der Waals surface area contributed by atoms with E-state index in [4.69, 9.17) is 9.47 Å². The van der Waals surface area contributed by atoms with Gasteiger partial charge in [-0.3, -0.25) is 4.79 Å². The number of aryl methyl sites for hydroxylation is 1.